The number of carbonyl (C=O) groups excluding carboxylic acids is 2. The zero-order valence-electron chi connectivity index (χ0n) is 18.1. The summed E-state index contributed by atoms with van der Waals surface area (Å²) in [5.74, 6) is -0.414. The number of piperazine rings is 1. The van der Waals surface area contributed by atoms with E-state index in [1.54, 1.807) is 24.3 Å². The van der Waals surface area contributed by atoms with Crippen molar-refractivity contribution in [1.29, 1.82) is 0 Å². The molecule has 1 fully saturated rings. The summed E-state index contributed by atoms with van der Waals surface area (Å²) in [6.45, 7) is 7.64. The number of halogens is 2. The van der Waals surface area contributed by atoms with Crippen molar-refractivity contribution in [2.45, 2.75) is 51.9 Å². The van der Waals surface area contributed by atoms with Gasteiger partial charge in [0.25, 0.3) is 0 Å². The van der Waals surface area contributed by atoms with Crippen LogP contribution in [0.3, 0.4) is 0 Å². The molecule has 7 heteroatoms. The third kappa shape index (κ3) is 6.28. The lowest BCUT2D eigenvalue weighted by molar-refractivity contribution is -0.138. The summed E-state index contributed by atoms with van der Waals surface area (Å²) in [4.78, 5) is 29.1. The molecule has 2 aromatic rings. The van der Waals surface area contributed by atoms with Crippen molar-refractivity contribution < 1.29 is 14.0 Å². The van der Waals surface area contributed by atoms with E-state index in [9.17, 15) is 14.0 Å². The molecule has 1 N–H and O–H groups in total. The van der Waals surface area contributed by atoms with Crippen molar-refractivity contribution in [3.63, 3.8) is 0 Å². The summed E-state index contributed by atoms with van der Waals surface area (Å²) in [7, 11) is 0. The average Bonchev–Trinajstić information content (AvgIpc) is 2.71. The minimum Gasteiger partial charge on any atom is -0.349 e. The van der Waals surface area contributed by atoms with Crippen LogP contribution in [-0.4, -0.2) is 46.8 Å². The quantitative estimate of drug-likeness (QED) is 0.726. The first-order valence-electron chi connectivity index (χ1n) is 10.5. The number of hydrogen-bond acceptors (Lipinski definition) is 3. The van der Waals surface area contributed by atoms with Gasteiger partial charge >= 0.3 is 0 Å². The van der Waals surface area contributed by atoms with Gasteiger partial charge in [-0.15, -0.1) is 0 Å². The molecule has 3 atom stereocenters. The molecule has 166 valence electrons. The summed E-state index contributed by atoms with van der Waals surface area (Å²) in [6, 6.07) is 13.5. The molecule has 0 aromatic heterocycles. The molecule has 31 heavy (non-hydrogen) atoms. The molecule has 0 aliphatic carbocycles. The molecular formula is C24H29ClFN3O2. The zero-order valence-corrected chi connectivity index (χ0v) is 18.9. The summed E-state index contributed by atoms with van der Waals surface area (Å²) in [5.41, 5.74) is 1.90. The molecule has 1 saturated heterocycles. The Morgan fingerprint density at radius 2 is 1.71 bits per heavy atom. The highest BCUT2D eigenvalue weighted by Crippen LogP contribution is 2.24. The molecule has 5 nitrogen and oxygen atoms in total. The van der Waals surface area contributed by atoms with Gasteiger partial charge in [0.2, 0.25) is 11.8 Å². The molecular weight excluding hydrogens is 417 g/mol. The first kappa shape index (κ1) is 23.2. The second kappa shape index (κ2) is 10.2. The lowest BCUT2D eigenvalue weighted by Gasteiger charge is -2.44. The third-order valence-electron chi connectivity index (χ3n) is 5.76. The number of carbonyl (C=O) groups is 2. The smallest absolute Gasteiger partial charge is 0.225 e. The van der Waals surface area contributed by atoms with E-state index >= 15 is 0 Å². The molecule has 3 unspecified atom stereocenters. The van der Waals surface area contributed by atoms with Crippen LogP contribution in [0.25, 0.3) is 0 Å². The zero-order chi connectivity index (χ0) is 22.5. The van der Waals surface area contributed by atoms with Gasteiger partial charge in [0.1, 0.15) is 5.82 Å². The van der Waals surface area contributed by atoms with Crippen LogP contribution in [0.5, 0.6) is 0 Å². The van der Waals surface area contributed by atoms with Gasteiger partial charge in [0.15, 0.2) is 0 Å². The number of hydrogen-bond donors (Lipinski definition) is 1. The second-order valence-electron chi connectivity index (χ2n) is 8.31. The van der Waals surface area contributed by atoms with Crippen LogP contribution in [0.15, 0.2) is 48.5 Å². The molecule has 1 aliphatic rings. The van der Waals surface area contributed by atoms with Crippen molar-refractivity contribution >= 4 is 23.4 Å². The SMILES string of the molecule is CC(=O)NC(CC(=O)N1CC(C)N(Cc2ccc(F)cc2)CC1C)c1ccc(Cl)cc1. The van der Waals surface area contributed by atoms with Gasteiger partial charge < -0.3 is 10.2 Å². The van der Waals surface area contributed by atoms with Crippen LogP contribution in [0.1, 0.15) is 44.4 Å². The maximum atomic E-state index is 13.2. The number of amides is 2. The van der Waals surface area contributed by atoms with Crippen LogP contribution in [0, 0.1) is 5.82 Å². The number of benzene rings is 2. The molecule has 0 saturated carbocycles. The normalized spacial score (nSPS) is 20.4. The fourth-order valence-corrected chi connectivity index (χ4v) is 4.20. The molecule has 2 amide bonds. The van der Waals surface area contributed by atoms with Crippen molar-refractivity contribution in [2.75, 3.05) is 13.1 Å². The van der Waals surface area contributed by atoms with Gasteiger partial charge in [-0.25, -0.2) is 4.39 Å². The topological polar surface area (TPSA) is 52.7 Å². The molecule has 0 bridgehead atoms. The Labute approximate surface area is 188 Å². The van der Waals surface area contributed by atoms with Crippen LogP contribution in [-0.2, 0) is 16.1 Å². The molecule has 3 rings (SSSR count). The maximum Gasteiger partial charge on any atom is 0.225 e. The Morgan fingerprint density at radius 3 is 2.32 bits per heavy atom. The Balaban J connectivity index is 1.66. The molecule has 1 heterocycles. The van der Waals surface area contributed by atoms with Crippen LogP contribution >= 0.6 is 11.6 Å². The minimum absolute atomic E-state index is 0.00878. The van der Waals surface area contributed by atoms with E-state index in [0.717, 1.165) is 17.7 Å². The number of nitrogens with zero attached hydrogens (tertiary/aromatic N) is 2. The van der Waals surface area contributed by atoms with Crippen LogP contribution in [0.2, 0.25) is 5.02 Å². The molecule has 0 spiro atoms. The highest BCUT2D eigenvalue weighted by molar-refractivity contribution is 6.30. The Bertz CT molecular complexity index is 904. The lowest BCUT2D eigenvalue weighted by atomic mass is 10.0. The maximum absolute atomic E-state index is 13.2. The molecule has 0 radical (unpaired) electrons. The van der Waals surface area contributed by atoms with E-state index in [0.29, 0.717) is 18.1 Å². The van der Waals surface area contributed by atoms with Crippen LogP contribution in [0.4, 0.5) is 4.39 Å². The minimum atomic E-state index is -0.401. The van der Waals surface area contributed by atoms with E-state index in [4.69, 9.17) is 11.6 Å². The average molecular weight is 446 g/mol. The highest BCUT2D eigenvalue weighted by atomic mass is 35.5. The van der Waals surface area contributed by atoms with Crippen molar-refractivity contribution in [3.8, 4) is 0 Å². The van der Waals surface area contributed by atoms with Crippen molar-refractivity contribution in [2.24, 2.45) is 0 Å². The van der Waals surface area contributed by atoms with E-state index in [-0.39, 0.29) is 36.1 Å². The van der Waals surface area contributed by atoms with E-state index < -0.39 is 6.04 Å². The summed E-state index contributed by atoms with van der Waals surface area (Å²) < 4.78 is 13.2. The first-order valence-corrected chi connectivity index (χ1v) is 10.9. The van der Waals surface area contributed by atoms with Gasteiger partial charge in [-0.3, -0.25) is 14.5 Å². The summed E-state index contributed by atoms with van der Waals surface area (Å²) in [6.07, 6.45) is 0.191. The Hall–Kier alpha value is -2.44. The molecule has 2 aromatic carbocycles. The molecule has 1 aliphatic heterocycles. The summed E-state index contributed by atoms with van der Waals surface area (Å²) >= 11 is 5.98. The third-order valence-corrected chi connectivity index (χ3v) is 6.01. The van der Waals surface area contributed by atoms with E-state index in [2.05, 4.69) is 17.1 Å². The number of nitrogens with one attached hydrogen (secondary N) is 1. The first-order chi connectivity index (χ1) is 14.7. The Morgan fingerprint density at radius 1 is 1.06 bits per heavy atom. The van der Waals surface area contributed by atoms with Gasteiger partial charge in [-0.05, 0) is 49.2 Å². The van der Waals surface area contributed by atoms with Gasteiger partial charge in [0.05, 0.1) is 12.5 Å². The van der Waals surface area contributed by atoms with Crippen LogP contribution < -0.4 is 5.32 Å². The van der Waals surface area contributed by atoms with Gasteiger partial charge in [-0.1, -0.05) is 35.9 Å². The van der Waals surface area contributed by atoms with E-state index in [1.165, 1.54) is 19.1 Å². The van der Waals surface area contributed by atoms with Crippen molar-refractivity contribution in [1.82, 2.24) is 15.1 Å². The lowest BCUT2D eigenvalue weighted by Crippen LogP contribution is -2.58. The predicted octanol–water partition coefficient (Wildman–Crippen LogP) is 4.17. The standard InChI is InChI=1S/C24H29ClFN3O2/c1-16-14-29(17(2)13-28(16)15-19-4-10-22(26)11-5-19)24(31)12-23(27-18(3)30)20-6-8-21(25)9-7-20/h4-11,16-17,23H,12-15H2,1-3H3,(H,27,30). The van der Waals surface area contributed by atoms with Gasteiger partial charge in [-0.2, -0.15) is 0 Å². The predicted molar refractivity (Wildman–Crippen MR) is 120 cm³/mol. The fourth-order valence-electron chi connectivity index (χ4n) is 4.07. The largest absolute Gasteiger partial charge is 0.349 e. The van der Waals surface area contributed by atoms with Gasteiger partial charge in [0, 0.05) is 43.7 Å². The van der Waals surface area contributed by atoms with Crippen molar-refractivity contribution in [3.05, 3.63) is 70.5 Å². The summed E-state index contributed by atoms with van der Waals surface area (Å²) in [5, 5.41) is 3.49. The number of rotatable bonds is 6. The second-order valence-corrected chi connectivity index (χ2v) is 8.75. The Kier molecular flexibility index (Phi) is 7.68. The highest BCUT2D eigenvalue weighted by Gasteiger charge is 2.33. The monoisotopic (exact) mass is 445 g/mol. The fraction of sp³-hybridized carbons (Fsp3) is 0.417. The van der Waals surface area contributed by atoms with E-state index in [1.807, 2.05) is 24.0 Å².